The van der Waals surface area contributed by atoms with E-state index in [4.69, 9.17) is 10.8 Å². The molecule has 2 rings (SSSR count). The van der Waals surface area contributed by atoms with E-state index in [0.29, 0.717) is 5.92 Å². The lowest BCUT2D eigenvalue weighted by atomic mass is 9.80. The number of hydrogen-bond donors (Lipinski definition) is 3. The van der Waals surface area contributed by atoms with Gasteiger partial charge in [-0.1, -0.05) is 0 Å². The number of amides is 1. The molecule has 0 aliphatic carbocycles. The monoisotopic (exact) mass is 355 g/mol. The highest BCUT2D eigenvalue weighted by atomic mass is 35.5. The molecule has 2 fully saturated rings. The van der Waals surface area contributed by atoms with Crippen LogP contribution < -0.4 is 11.1 Å². The van der Waals surface area contributed by atoms with Gasteiger partial charge in [0.2, 0.25) is 5.91 Å². The van der Waals surface area contributed by atoms with Crippen molar-refractivity contribution in [2.75, 3.05) is 26.2 Å². The molecule has 2 aliphatic heterocycles. The van der Waals surface area contributed by atoms with Gasteiger partial charge in [-0.15, -0.1) is 24.8 Å². The zero-order valence-electron chi connectivity index (χ0n) is 12.7. The third-order valence-corrected chi connectivity index (χ3v) is 4.61. The van der Waals surface area contributed by atoms with Gasteiger partial charge in [-0.05, 0) is 50.6 Å². The lowest BCUT2D eigenvalue weighted by Crippen LogP contribution is -2.45. The fraction of sp³-hybridized carbons (Fsp3) is 0.857. The number of carbonyl (C=O) groups excluding carboxylic acids is 1. The van der Waals surface area contributed by atoms with Crippen molar-refractivity contribution in [3.05, 3.63) is 0 Å². The van der Waals surface area contributed by atoms with Gasteiger partial charge in [-0.3, -0.25) is 9.59 Å². The molecule has 2 aliphatic rings. The summed E-state index contributed by atoms with van der Waals surface area (Å²) in [6, 6.07) is -1.08. The van der Waals surface area contributed by atoms with Crippen LogP contribution in [0.5, 0.6) is 0 Å². The van der Waals surface area contributed by atoms with Gasteiger partial charge in [-0.25, -0.2) is 0 Å². The molecule has 0 aromatic rings. The number of halogens is 2. The van der Waals surface area contributed by atoms with Crippen LogP contribution in [0.15, 0.2) is 0 Å². The summed E-state index contributed by atoms with van der Waals surface area (Å²) in [7, 11) is 0. The third-order valence-electron chi connectivity index (χ3n) is 4.61. The molecule has 0 radical (unpaired) electrons. The van der Waals surface area contributed by atoms with Crippen molar-refractivity contribution >= 4 is 36.7 Å². The largest absolute Gasteiger partial charge is 0.480 e. The Balaban J connectivity index is 0.00000220. The van der Waals surface area contributed by atoms with Crippen molar-refractivity contribution in [2.24, 2.45) is 17.6 Å². The van der Waals surface area contributed by atoms with Crippen LogP contribution >= 0.6 is 24.8 Å². The summed E-state index contributed by atoms with van der Waals surface area (Å²) in [6.45, 7) is 3.71. The maximum absolute atomic E-state index is 12.0. The van der Waals surface area contributed by atoms with E-state index < -0.39 is 12.0 Å². The molecular formula is C14H27Cl2N3O3. The Kier molecular flexibility index (Phi) is 10.00. The molecule has 1 amide bonds. The minimum atomic E-state index is -1.11. The average Bonchev–Trinajstić information content (AvgIpc) is 2.48. The molecule has 2 heterocycles. The number of nitrogens with zero attached hydrogens (tertiary/aromatic N) is 1. The molecule has 2 saturated heterocycles. The van der Waals surface area contributed by atoms with Crippen molar-refractivity contribution in [2.45, 2.75) is 38.1 Å². The molecule has 4 N–H and O–H groups in total. The molecule has 0 aromatic carbocycles. The van der Waals surface area contributed by atoms with E-state index in [1.54, 1.807) is 4.90 Å². The number of carbonyl (C=O) groups is 2. The van der Waals surface area contributed by atoms with Gasteiger partial charge in [0.25, 0.3) is 0 Å². The zero-order valence-corrected chi connectivity index (χ0v) is 14.3. The van der Waals surface area contributed by atoms with E-state index >= 15 is 0 Å². The second-order valence-electron chi connectivity index (χ2n) is 5.97. The molecule has 1 unspecified atom stereocenters. The number of likely N-dealkylation sites (tertiary alicyclic amines) is 1. The normalized spacial score (nSPS) is 23.9. The Bertz CT molecular complexity index is 357. The first-order valence-corrected chi connectivity index (χ1v) is 7.55. The van der Waals surface area contributed by atoms with Crippen LogP contribution in [0.25, 0.3) is 0 Å². The highest BCUT2D eigenvalue weighted by Crippen LogP contribution is 2.29. The first-order valence-electron chi connectivity index (χ1n) is 7.55. The fourth-order valence-corrected chi connectivity index (χ4v) is 3.31. The number of hydrogen-bond acceptors (Lipinski definition) is 4. The number of nitrogens with one attached hydrogen (secondary N) is 1. The van der Waals surface area contributed by atoms with Crippen molar-refractivity contribution in [3.8, 4) is 0 Å². The number of rotatable bonds is 4. The molecule has 130 valence electrons. The predicted octanol–water partition coefficient (Wildman–Crippen LogP) is 0.870. The van der Waals surface area contributed by atoms with Crippen LogP contribution in [0.2, 0.25) is 0 Å². The number of carboxylic acids is 1. The highest BCUT2D eigenvalue weighted by molar-refractivity contribution is 5.85. The average molecular weight is 356 g/mol. The quantitative estimate of drug-likeness (QED) is 0.695. The zero-order chi connectivity index (χ0) is 14.5. The third kappa shape index (κ3) is 5.91. The van der Waals surface area contributed by atoms with Crippen LogP contribution in [0.3, 0.4) is 0 Å². The topological polar surface area (TPSA) is 95.7 Å². The Morgan fingerprint density at radius 2 is 1.82 bits per heavy atom. The summed E-state index contributed by atoms with van der Waals surface area (Å²) >= 11 is 0. The minimum absolute atomic E-state index is 0. The molecular weight excluding hydrogens is 329 g/mol. The molecule has 0 aromatic heterocycles. The first kappa shape index (κ1) is 21.4. The van der Waals surface area contributed by atoms with Crippen molar-refractivity contribution in [1.82, 2.24) is 10.2 Å². The van der Waals surface area contributed by atoms with Gasteiger partial charge in [0, 0.05) is 13.1 Å². The lowest BCUT2D eigenvalue weighted by molar-refractivity contribution is -0.143. The Morgan fingerprint density at radius 3 is 2.32 bits per heavy atom. The van der Waals surface area contributed by atoms with Gasteiger partial charge in [-0.2, -0.15) is 0 Å². The van der Waals surface area contributed by atoms with Crippen LogP contribution in [0.4, 0.5) is 0 Å². The molecule has 2 atom stereocenters. The van der Waals surface area contributed by atoms with Crippen molar-refractivity contribution < 1.29 is 14.7 Å². The maximum atomic E-state index is 12.0. The minimum Gasteiger partial charge on any atom is -0.480 e. The number of nitrogens with two attached hydrogens (primary N) is 1. The van der Waals surface area contributed by atoms with Crippen LogP contribution in [-0.2, 0) is 9.59 Å². The van der Waals surface area contributed by atoms with Gasteiger partial charge in [0.1, 0.15) is 6.04 Å². The summed E-state index contributed by atoms with van der Waals surface area (Å²) in [4.78, 5) is 24.4. The van der Waals surface area contributed by atoms with Gasteiger partial charge in [0.05, 0.1) is 6.42 Å². The van der Waals surface area contributed by atoms with Crippen molar-refractivity contribution in [1.29, 1.82) is 0 Å². The molecule has 6 nitrogen and oxygen atoms in total. The number of carboxylic acid groups (broad SMARTS) is 1. The van der Waals surface area contributed by atoms with E-state index in [1.165, 1.54) is 12.8 Å². The summed E-state index contributed by atoms with van der Waals surface area (Å²) in [5, 5.41) is 12.2. The van der Waals surface area contributed by atoms with Gasteiger partial charge < -0.3 is 21.1 Å². The van der Waals surface area contributed by atoms with Gasteiger partial charge in [0.15, 0.2) is 0 Å². The summed E-state index contributed by atoms with van der Waals surface area (Å²) in [6.07, 6.45) is 4.50. The lowest BCUT2D eigenvalue weighted by Gasteiger charge is -2.38. The summed E-state index contributed by atoms with van der Waals surface area (Å²) in [5.74, 6) is 0.198. The van der Waals surface area contributed by atoms with Crippen LogP contribution in [0, 0.1) is 11.8 Å². The van der Waals surface area contributed by atoms with E-state index in [2.05, 4.69) is 5.32 Å². The van der Waals surface area contributed by atoms with Gasteiger partial charge >= 0.3 is 5.97 Å². The highest BCUT2D eigenvalue weighted by Gasteiger charge is 2.30. The standard InChI is InChI=1S/C14H25N3O3.2ClH/c15-12(14(19)20)8-13(18)17-6-3-10(4-7-17)11-2-1-5-16-9-11;;/h10-12,16H,1-9,15H2,(H,19,20);2*1H/t11?,12-;;/m0../s1. The molecule has 0 spiro atoms. The Labute approximate surface area is 144 Å². The molecule has 0 saturated carbocycles. The molecule has 8 heteroatoms. The maximum Gasteiger partial charge on any atom is 0.321 e. The van der Waals surface area contributed by atoms with E-state index in [9.17, 15) is 9.59 Å². The Morgan fingerprint density at radius 1 is 1.18 bits per heavy atom. The molecule has 0 bridgehead atoms. The van der Waals surface area contributed by atoms with Crippen molar-refractivity contribution in [3.63, 3.8) is 0 Å². The van der Waals surface area contributed by atoms with E-state index in [0.717, 1.165) is 44.9 Å². The SMILES string of the molecule is Cl.Cl.N[C@@H](CC(=O)N1CCC(C2CCCNC2)CC1)C(=O)O. The second-order valence-corrected chi connectivity index (χ2v) is 5.97. The predicted molar refractivity (Wildman–Crippen MR) is 89.6 cm³/mol. The fourth-order valence-electron chi connectivity index (χ4n) is 3.31. The van der Waals surface area contributed by atoms with Crippen LogP contribution in [0.1, 0.15) is 32.1 Å². The Hall–Kier alpha value is -0.560. The second kappa shape index (κ2) is 10.3. The van der Waals surface area contributed by atoms with E-state index in [1.807, 2.05) is 0 Å². The van der Waals surface area contributed by atoms with Crippen LogP contribution in [-0.4, -0.2) is 54.1 Å². The summed E-state index contributed by atoms with van der Waals surface area (Å²) < 4.78 is 0. The number of aliphatic carboxylic acids is 1. The molecule has 22 heavy (non-hydrogen) atoms. The van der Waals surface area contributed by atoms with E-state index in [-0.39, 0.29) is 37.1 Å². The number of piperidine rings is 2. The summed E-state index contributed by atoms with van der Waals surface area (Å²) in [5.41, 5.74) is 5.41. The first-order chi connectivity index (χ1) is 9.58. The smallest absolute Gasteiger partial charge is 0.321 e.